The third kappa shape index (κ3) is 1.71. The summed E-state index contributed by atoms with van der Waals surface area (Å²) in [5, 5.41) is 11.9. The Morgan fingerprint density at radius 1 is 1.38 bits per heavy atom. The highest BCUT2D eigenvalue weighted by molar-refractivity contribution is 6.06. The van der Waals surface area contributed by atoms with Gasteiger partial charge in [-0.2, -0.15) is 0 Å². The maximum Gasteiger partial charge on any atom is 0.328 e. The van der Waals surface area contributed by atoms with E-state index in [-0.39, 0.29) is 24.1 Å². The molecule has 1 saturated heterocycles. The number of phenolic OH excluding ortho intramolecular Hbond substituents is 1. The number of urea groups is 1. The predicted molar refractivity (Wildman–Crippen MR) is 58.2 cm³/mol. The van der Waals surface area contributed by atoms with Crippen molar-refractivity contribution in [2.75, 3.05) is 4.90 Å². The number of para-hydroxylation sites is 2. The molecule has 16 heavy (non-hydrogen) atoms. The van der Waals surface area contributed by atoms with Gasteiger partial charge in [0.25, 0.3) is 0 Å². The van der Waals surface area contributed by atoms with E-state index in [1.54, 1.807) is 25.1 Å². The molecule has 3 amide bonds. The van der Waals surface area contributed by atoms with Crippen molar-refractivity contribution < 1.29 is 14.7 Å². The number of imide groups is 1. The highest BCUT2D eigenvalue weighted by Gasteiger charge is 2.31. The van der Waals surface area contributed by atoms with Crippen molar-refractivity contribution in [3.05, 3.63) is 24.3 Å². The van der Waals surface area contributed by atoms with Crippen LogP contribution in [0.1, 0.15) is 13.3 Å². The first-order valence-corrected chi connectivity index (χ1v) is 5.00. The molecule has 1 aromatic rings. The number of hydrogen-bond acceptors (Lipinski definition) is 3. The van der Waals surface area contributed by atoms with E-state index < -0.39 is 6.03 Å². The number of aromatic hydroxyl groups is 1. The minimum Gasteiger partial charge on any atom is -0.506 e. The smallest absolute Gasteiger partial charge is 0.328 e. The highest BCUT2D eigenvalue weighted by Crippen LogP contribution is 2.29. The van der Waals surface area contributed by atoms with Gasteiger partial charge in [-0.15, -0.1) is 0 Å². The molecule has 5 nitrogen and oxygen atoms in total. The molecule has 5 heteroatoms. The van der Waals surface area contributed by atoms with Crippen molar-refractivity contribution in [2.24, 2.45) is 0 Å². The van der Waals surface area contributed by atoms with Crippen LogP contribution in [0.5, 0.6) is 5.75 Å². The minimum atomic E-state index is -0.495. The van der Waals surface area contributed by atoms with Crippen molar-refractivity contribution in [1.29, 1.82) is 0 Å². The van der Waals surface area contributed by atoms with Crippen LogP contribution < -0.4 is 10.2 Å². The molecule has 84 valence electrons. The van der Waals surface area contributed by atoms with Gasteiger partial charge in [-0.25, -0.2) is 4.79 Å². The van der Waals surface area contributed by atoms with Gasteiger partial charge in [0.15, 0.2) is 0 Å². The summed E-state index contributed by atoms with van der Waals surface area (Å²) in [4.78, 5) is 24.2. The second kappa shape index (κ2) is 3.84. The number of hydrogen-bond donors (Lipinski definition) is 2. The lowest BCUT2D eigenvalue weighted by Crippen LogP contribution is -2.54. The Balaban J connectivity index is 2.37. The second-order valence-corrected chi connectivity index (χ2v) is 3.77. The Labute approximate surface area is 92.7 Å². The van der Waals surface area contributed by atoms with E-state index in [9.17, 15) is 14.7 Å². The van der Waals surface area contributed by atoms with Gasteiger partial charge >= 0.3 is 6.03 Å². The fraction of sp³-hybridized carbons (Fsp3) is 0.273. The second-order valence-electron chi connectivity index (χ2n) is 3.77. The van der Waals surface area contributed by atoms with E-state index in [2.05, 4.69) is 5.32 Å². The molecule has 1 atom stereocenters. The summed E-state index contributed by atoms with van der Waals surface area (Å²) in [5.74, 6) is -0.261. The van der Waals surface area contributed by atoms with Crippen LogP contribution in [-0.4, -0.2) is 23.1 Å². The van der Waals surface area contributed by atoms with E-state index in [4.69, 9.17) is 0 Å². The van der Waals surface area contributed by atoms with E-state index in [0.717, 1.165) is 0 Å². The Morgan fingerprint density at radius 2 is 2.06 bits per heavy atom. The van der Waals surface area contributed by atoms with Gasteiger partial charge in [-0.3, -0.25) is 15.0 Å². The zero-order chi connectivity index (χ0) is 11.7. The third-order valence-electron chi connectivity index (χ3n) is 2.53. The summed E-state index contributed by atoms with van der Waals surface area (Å²) < 4.78 is 0. The summed E-state index contributed by atoms with van der Waals surface area (Å²) in [7, 11) is 0. The molecule has 0 bridgehead atoms. The fourth-order valence-corrected chi connectivity index (χ4v) is 1.80. The number of benzene rings is 1. The van der Waals surface area contributed by atoms with Gasteiger partial charge in [0.2, 0.25) is 5.91 Å². The number of nitrogens with zero attached hydrogens (tertiary/aromatic N) is 1. The van der Waals surface area contributed by atoms with Crippen LogP contribution in [0.15, 0.2) is 24.3 Å². The molecule has 1 fully saturated rings. The van der Waals surface area contributed by atoms with Crippen LogP contribution in [-0.2, 0) is 4.79 Å². The van der Waals surface area contributed by atoms with Crippen LogP contribution in [0.25, 0.3) is 0 Å². The molecule has 0 spiro atoms. The Hall–Kier alpha value is -2.04. The molecule has 1 aromatic carbocycles. The maximum absolute atomic E-state index is 11.7. The van der Waals surface area contributed by atoms with Crippen LogP contribution >= 0.6 is 0 Å². The highest BCUT2D eigenvalue weighted by atomic mass is 16.3. The molecular formula is C11H12N2O3. The third-order valence-corrected chi connectivity index (χ3v) is 2.53. The van der Waals surface area contributed by atoms with Crippen LogP contribution in [0.4, 0.5) is 10.5 Å². The molecule has 1 heterocycles. The Kier molecular flexibility index (Phi) is 2.52. The van der Waals surface area contributed by atoms with Crippen molar-refractivity contribution in [2.45, 2.75) is 19.4 Å². The fourth-order valence-electron chi connectivity index (χ4n) is 1.80. The van der Waals surface area contributed by atoms with Gasteiger partial charge in [0.1, 0.15) is 5.75 Å². The molecule has 0 aliphatic carbocycles. The van der Waals surface area contributed by atoms with E-state index >= 15 is 0 Å². The van der Waals surface area contributed by atoms with Crippen molar-refractivity contribution in [3.8, 4) is 5.75 Å². The number of anilines is 1. The monoisotopic (exact) mass is 220 g/mol. The molecule has 2 rings (SSSR count). The predicted octanol–water partition coefficient (Wildman–Crippen LogP) is 1.23. The number of carbonyl (C=O) groups is 2. The maximum atomic E-state index is 11.7. The lowest BCUT2D eigenvalue weighted by molar-refractivity contribution is -0.120. The van der Waals surface area contributed by atoms with Crippen molar-refractivity contribution >= 4 is 17.6 Å². The standard InChI is InChI=1S/C11H12N2O3/c1-7-6-10(15)12-11(16)13(7)8-4-2-3-5-9(8)14/h2-5,7,14H,6H2,1H3,(H,12,15,16). The lowest BCUT2D eigenvalue weighted by Gasteiger charge is -2.32. The van der Waals surface area contributed by atoms with Gasteiger partial charge in [0.05, 0.1) is 5.69 Å². The average Bonchev–Trinajstić information content (AvgIpc) is 2.19. The van der Waals surface area contributed by atoms with Crippen molar-refractivity contribution in [1.82, 2.24) is 5.32 Å². The SMILES string of the molecule is CC1CC(=O)NC(=O)N1c1ccccc1O. The van der Waals surface area contributed by atoms with E-state index in [1.807, 2.05) is 0 Å². The number of nitrogens with one attached hydrogen (secondary N) is 1. The first kappa shape index (κ1) is 10.5. The number of phenols is 1. The van der Waals surface area contributed by atoms with E-state index in [1.165, 1.54) is 11.0 Å². The Morgan fingerprint density at radius 3 is 2.69 bits per heavy atom. The summed E-state index contributed by atoms with van der Waals surface area (Å²) in [5.41, 5.74) is 0.417. The zero-order valence-electron chi connectivity index (χ0n) is 8.80. The topological polar surface area (TPSA) is 69.6 Å². The normalized spacial score (nSPS) is 20.8. The first-order chi connectivity index (χ1) is 7.59. The largest absolute Gasteiger partial charge is 0.506 e. The first-order valence-electron chi connectivity index (χ1n) is 5.00. The molecule has 2 N–H and O–H groups in total. The summed E-state index contributed by atoms with van der Waals surface area (Å²) in [6.07, 6.45) is 0.236. The van der Waals surface area contributed by atoms with E-state index in [0.29, 0.717) is 5.69 Å². The molecule has 0 aromatic heterocycles. The average molecular weight is 220 g/mol. The van der Waals surface area contributed by atoms with Gasteiger partial charge in [-0.05, 0) is 19.1 Å². The Bertz CT molecular complexity index is 445. The summed E-state index contributed by atoms with van der Waals surface area (Å²) in [6, 6.07) is 5.80. The molecule has 1 unspecified atom stereocenters. The van der Waals surface area contributed by atoms with Crippen molar-refractivity contribution in [3.63, 3.8) is 0 Å². The molecule has 1 aliphatic rings. The van der Waals surface area contributed by atoms with Crippen LogP contribution in [0.3, 0.4) is 0 Å². The van der Waals surface area contributed by atoms with Gasteiger partial charge in [0, 0.05) is 12.5 Å². The lowest BCUT2D eigenvalue weighted by atomic mass is 10.1. The number of rotatable bonds is 1. The minimum absolute atomic E-state index is 0.0267. The summed E-state index contributed by atoms with van der Waals surface area (Å²) in [6.45, 7) is 1.77. The van der Waals surface area contributed by atoms with Gasteiger partial charge < -0.3 is 5.11 Å². The molecular weight excluding hydrogens is 208 g/mol. The molecule has 1 aliphatic heterocycles. The van der Waals surface area contributed by atoms with Gasteiger partial charge in [-0.1, -0.05) is 12.1 Å². The molecule has 0 radical (unpaired) electrons. The number of carbonyl (C=O) groups excluding carboxylic acids is 2. The van der Waals surface area contributed by atoms with Crippen LogP contribution in [0.2, 0.25) is 0 Å². The molecule has 0 saturated carbocycles. The zero-order valence-corrected chi connectivity index (χ0v) is 8.80. The van der Waals surface area contributed by atoms with Crippen LogP contribution in [0, 0.1) is 0 Å². The summed E-state index contributed by atoms with van der Waals surface area (Å²) >= 11 is 0. The quantitative estimate of drug-likeness (QED) is 0.747. The number of amides is 3.